The second kappa shape index (κ2) is 6.18. The van der Waals surface area contributed by atoms with Gasteiger partial charge in [-0.2, -0.15) is 5.26 Å². The van der Waals surface area contributed by atoms with E-state index in [1.165, 1.54) is 6.20 Å². The highest BCUT2D eigenvalue weighted by atomic mass is 16.5. The Labute approximate surface area is 122 Å². The molecule has 2 heterocycles. The van der Waals surface area contributed by atoms with Crippen LogP contribution in [-0.4, -0.2) is 22.5 Å². The van der Waals surface area contributed by atoms with E-state index in [0.717, 1.165) is 0 Å². The third-order valence-electron chi connectivity index (χ3n) is 2.77. The third-order valence-corrected chi connectivity index (χ3v) is 2.77. The summed E-state index contributed by atoms with van der Waals surface area (Å²) in [5, 5.41) is 8.76. The number of carbonyl (C=O) groups excluding carboxylic acids is 1. The van der Waals surface area contributed by atoms with Gasteiger partial charge in [-0.05, 0) is 25.0 Å². The maximum absolute atomic E-state index is 11.9. The fraction of sp³-hybridized carbons (Fsp3) is 0.333. The van der Waals surface area contributed by atoms with Crippen LogP contribution < -0.4 is 0 Å². The monoisotopic (exact) mass is 285 g/mol. The van der Waals surface area contributed by atoms with E-state index in [-0.39, 0.29) is 24.2 Å². The molecule has 2 aromatic heterocycles. The predicted octanol–water partition coefficient (Wildman–Crippen LogP) is 2.91. The Bertz CT molecular complexity index is 681. The smallest absolute Gasteiger partial charge is 0.376 e. The normalized spacial score (nSPS) is 10.4. The highest BCUT2D eigenvalue weighted by Gasteiger charge is 2.24. The number of pyridine rings is 1. The minimum absolute atomic E-state index is 0.0142. The zero-order valence-corrected chi connectivity index (χ0v) is 12.1. The molecule has 0 unspecified atom stereocenters. The predicted molar refractivity (Wildman–Crippen MR) is 74.5 cm³/mol. The molecule has 0 aromatic carbocycles. The van der Waals surface area contributed by atoms with Gasteiger partial charge in [0.05, 0.1) is 17.9 Å². The molecule has 108 valence electrons. The van der Waals surface area contributed by atoms with Gasteiger partial charge in [-0.1, -0.05) is 13.8 Å². The van der Waals surface area contributed by atoms with Gasteiger partial charge in [0.15, 0.2) is 0 Å². The summed E-state index contributed by atoms with van der Waals surface area (Å²) in [7, 11) is 0. The van der Waals surface area contributed by atoms with Crippen molar-refractivity contribution in [2.24, 2.45) is 0 Å². The highest BCUT2D eigenvalue weighted by molar-refractivity contribution is 5.88. The van der Waals surface area contributed by atoms with E-state index in [0.29, 0.717) is 17.0 Å². The van der Waals surface area contributed by atoms with Crippen molar-refractivity contribution in [3.63, 3.8) is 0 Å². The molecule has 0 aliphatic heterocycles. The summed E-state index contributed by atoms with van der Waals surface area (Å²) >= 11 is 0. The molecular weight excluding hydrogens is 270 g/mol. The number of hydrogen-bond acceptors (Lipinski definition) is 6. The number of oxazole rings is 1. The van der Waals surface area contributed by atoms with Crippen LogP contribution in [0.3, 0.4) is 0 Å². The lowest BCUT2D eigenvalue weighted by atomic mass is 10.1. The molecule has 2 rings (SSSR count). The van der Waals surface area contributed by atoms with Crippen molar-refractivity contribution in [1.82, 2.24) is 9.97 Å². The second-order valence-electron chi connectivity index (χ2n) is 4.65. The number of carbonyl (C=O) groups is 1. The minimum atomic E-state index is -0.534. The molecule has 0 amide bonds. The molecule has 6 heteroatoms. The fourth-order valence-corrected chi connectivity index (χ4v) is 1.76. The first-order chi connectivity index (χ1) is 10.1. The third kappa shape index (κ3) is 3.08. The van der Waals surface area contributed by atoms with Crippen LogP contribution in [-0.2, 0) is 4.74 Å². The lowest BCUT2D eigenvalue weighted by Crippen LogP contribution is -2.07. The summed E-state index contributed by atoms with van der Waals surface area (Å²) in [6, 6.07) is 5.23. The quantitative estimate of drug-likeness (QED) is 0.802. The van der Waals surface area contributed by atoms with Crippen LogP contribution >= 0.6 is 0 Å². The van der Waals surface area contributed by atoms with Crippen molar-refractivity contribution in [2.45, 2.75) is 26.7 Å². The Balaban J connectivity index is 2.43. The van der Waals surface area contributed by atoms with Crippen molar-refractivity contribution < 1.29 is 13.9 Å². The first-order valence-corrected chi connectivity index (χ1v) is 6.61. The van der Waals surface area contributed by atoms with Crippen molar-refractivity contribution in [1.29, 1.82) is 5.26 Å². The SMILES string of the molecule is CCOC(=O)c1oc(-c2ccc(C#N)cn2)nc1C(C)C. The average Bonchev–Trinajstić information content (AvgIpc) is 2.93. The Morgan fingerprint density at radius 3 is 2.76 bits per heavy atom. The number of esters is 1. The Morgan fingerprint density at radius 1 is 1.48 bits per heavy atom. The minimum Gasteiger partial charge on any atom is -0.460 e. The number of rotatable bonds is 4. The van der Waals surface area contributed by atoms with Crippen molar-refractivity contribution in [3.05, 3.63) is 35.3 Å². The lowest BCUT2D eigenvalue weighted by Gasteiger charge is -2.02. The summed E-state index contributed by atoms with van der Waals surface area (Å²) in [5.74, 6) is -0.173. The van der Waals surface area contributed by atoms with Crippen LogP contribution in [0, 0.1) is 11.3 Å². The van der Waals surface area contributed by atoms with Gasteiger partial charge in [0.1, 0.15) is 11.8 Å². The fourth-order valence-electron chi connectivity index (χ4n) is 1.76. The Kier molecular flexibility index (Phi) is 4.33. The van der Waals surface area contributed by atoms with Crippen LogP contribution in [0.1, 0.15) is 48.5 Å². The summed E-state index contributed by atoms with van der Waals surface area (Å²) < 4.78 is 10.5. The highest BCUT2D eigenvalue weighted by Crippen LogP contribution is 2.26. The molecule has 0 spiro atoms. The summed E-state index contributed by atoms with van der Waals surface area (Å²) in [5.41, 5.74) is 1.45. The summed E-state index contributed by atoms with van der Waals surface area (Å²) in [6.07, 6.45) is 1.43. The molecule has 6 nitrogen and oxygen atoms in total. The van der Waals surface area contributed by atoms with Gasteiger partial charge in [0.25, 0.3) is 0 Å². The number of nitrogens with zero attached hydrogens (tertiary/aromatic N) is 3. The Hall–Kier alpha value is -2.68. The van der Waals surface area contributed by atoms with Crippen molar-refractivity contribution in [2.75, 3.05) is 6.61 Å². The number of aromatic nitrogens is 2. The molecule has 0 atom stereocenters. The van der Waals surface area contributed by atoms with Gasteiger partial charge in [-0.25, -0.2) is 14.8 Å². The molecule has 0 fully saturated rings. The van der Waals surface area contributed by atoms with Gasteiger partial charge < -0.3 is 9.15 Å². The van der Waals surface area contributed by atoms with E-state index in [2.05, 4.69) is 9.97 Å². The first-order valence-electron chi connectivity index (χ1n) is 6.61. The van der Waals surface area contributed by atoms with Gasteiger partial charge in [0.2, 0.25) is 11.7 Å². The molecule has 0 N–H and O–H groups in total. The zero-order chi connectivity index (χ0) is 15.4. The van der Waals surface area contributed by atoms with Crippen LogP contribution in [0.5, 0.6) is 0 Å². The largest absolute Gasteiger partial charge is 0.460 e. The number of hydrogen-bond donors (Lipinski definition) is 0. The summed E-state index contributed by atoms with van der Waals surface area (Å²) in [4.78, 5) is 20.3. The molecular formula is C15H15N3O3. The number of nitriles is 1. The Morgan fingerprint density at radius 2 is 2.24 bits per heavy atom. The van der Waals surface area contributed by atoms with E-state index in [1.54, 1.807) is 19.1 Å². The van der Waals surface area contributed by atoms with Crippen LogP contribution in [0.15, 0.2) is 22.7 Å². The molecule has 0 radical (unpaired) electrons. The van der Waals surface area contributed by atoms with E-state index >= 15 is 0 Å². The van der Waals surface area contributed by atoms with Crippen LogP contribution in [0.25, 0.3) is 11.6 Å². The van der Waals surface area contributed by atoms with E-state index in [4.69, 9.17) is 14.4 Å². The van der Waals surface area contributed by atoms with E-state index in [9.17, 15) is 4.79 Å². The summed E-state index contributed by atoms with van der Waals surface area (Å²) in [6.45, 7) is 5.82. The molecule has 21 heavy (non-hydrogen) atoms. The first kappa shape index (κ1) is 14.7. The molecule has 2 aromatic rings. The van der Waals surface area contributed by atoms with Crippen LogP contribution in [0.4, 0.5) is 0 Å². The number of ether oxygens (including phenoxy) is 1. The maximum atomic E-state index is 11.9. The van der Waals surface area contributed by atoms with Gasteiger partial charge in [0, 0.05) is 6.20 Å². The molecule has 0 bridgehead atoms. The molecule has 0 aliphatic rings. The molecule has 0 aliphatic carbocycles. The van der Waals surface area contributed by atoms with Crippen molar-refractivity contribution in [3.8, 4) is 17.7 Å². The second-order valence-corrected chi connectivity index (χ2v) is 4.65. The van der Waals surface area contributed by atoms with E-state index < -0.39 is 5.97 Å². The molecule has 0 saturated carbocycles. The average molecular weight is 285 g/mol. The van der Waals surface area contributed by atoms with Crippen LogP contribution in [0.2, 0.25) is 0 Å². The van der Waals surface area contributed by atoms with Gasteiger partial charge >= 0.3 is 5.97 Å². The standard InChI is InChI=1S/C15H15N3O3/c1-4-20-15(19)13-12(9(2)3)18-14(21-13)11-6-5-10(7-16)8-17-11/h5-6,8-9H,4H2,1-3H3. The van der Waals surface area contributed by atoms with Gasteiger partial charge in [-0.15, -0.1) is 0 Å². The lowest BCUT2D eigenvalue weighted by molar-refractivity contribution is 0.0488. The zero-order valence-electron chi connectivity index (χ0n) is 12.1. The maximum Gasteiger partial charge on any atom is 0.376 e. The topological polar surface area (TPSA) is 89.0 Å². The van der Waals surface area contributed by atoms with Crippen molar-refractivity contribution >= 4 is 5.97 Å². The van der Waals surface area contributed by atoms with Gasteiger partial charge in [-0.3, -0.25) is 0 Å². The molecule has 0 saturated heterocycles. The van der Waals surface area contributed by atoms with E-state index in [1.807, 2.05) is 19.9 Å².